The molecule has 0 atom stereocenters. The number of carbonyl (C=O) groups excluding carboxylic acids is 1. The number of H-pyrrole nitrogens is 1. The molecule has 3 rings (SSSR count). The molecule has 1 aromatic heterocycles. The Kier molecular flexibility index (Phi) is 2.25. The Morgan fingerprint density at radius 3 is 3.00 bits per heavy atom. The molecule has 1 N–H and O–H groups in total. The van der Waals surface area contributed by atoms with Crippen LogP contribution in [-0.2, 0) is 0 Å². The molecule has 1 aliphatic rings. The number of aromatic nitrogens is 1. The Bertz CT molecular complexity index is 554. The van der Waals surface area contributed by atoms with Crippen molar-refractivity contribution in [2.45, 2.75) is 19.3 Å². The average Bonchev–Trinajstić information content (AvgIpc) is 2.96. The number of ketones is 1. The lowest BCUT2D eigenvalue weighted by Gasteiger charge is -1.99. The highest BCUT2D eigenvalue weighted by Crippen LogP contribution is 2.35. The van der Waals surface area contributed by atoms with E-state index in [1.807, 2.05) is 18.2 Å². The standard InChI is InChI=1S/C13H12ClNO/c14-10-2-1-3-11-13(10)9(7-15-11)12(16)6-8-4-5-8/h1-3,7-8,15H,4-6H2. The van der Waals surface area contributed by atoms with E-state index in [0.717, 1.165) is 16.5 Å². The lowest BCUT2D eigenvalue weighted by atomic mass is 10.1. The zero-order valence-corrected chi connectivity index (χ0v) is 9.55. The van der Waals surface area contributed by atoms with Gasteiger partial charge in [0.2, 0.25) is 0 Å². The van der Waals surface area contributed by atoms with E-state index in [4.69, 9.17) is 11.6 Å². The predicted molar refractivity (Wildman–Crippen MR) is 65.0 cm³/mol. The van der Waals surface area contributed by atoms with Crippen LogP contribution < -0.4 is 0 Å². The van der Waals surface area contributed by atoms with Gasteiger partial charge in [-0.25, -0.2) is 0 Å². The summed E-state index contributed by atoms with van der Waals surface area (Å²) in [6.07, 6.45) is 4.84. The van der Waals surface area contributed by atoms with E-state index in [2.05, 4.69) is 4.98 Å². The number of nitrogens with one attached hydrogen (secondary N) is 1. The second-order valence-corrected chi connectivity index (χ2v) is 4.84. The predicted octanol–water partition coefficient (Wildman–Crippen LogP) is 3.80. The zero-order chi connectivity index (χ0) is 11.1. The van der Waals surface area contributed by atoms with Crippen molar-refractivity contribution >= 4 is 28.3 Å². The molecule has 16 heavy (non-hydrogen) atoms. The van der Waals surface area contributed by atoms with Gasteiger partial charge in [-0.3, -0.25) is 4.79 Å². The second kappa shape index (κ2) is 3.63. The molecule has 1 aromatic carbocycles. The largest absolute Gasteiger partial charge is 0.360 e. The highest BCUT2D eigenvalue weighted by Gasteiger charge is 2.26. The zero-order valence-electron chi connectivity index (χ0n) is 8.79. The van der Waals surface area contributed by atoms with Crippen molar-refractivity contribution in [1.29, 1.82) is 0 Å². The average molecular weight is 234 g/mol. The summed E-state index contributed by atoms with van der Waals surface area (Å²) in [6, 6.07) is 5.65. The molecule has 3 heteroatoms. The molecule has 82 valence electrons. The van der Waals surface area contributed by atoms with Gasteiger partial charge in [0.25, 0.3) is 0 Å². The molecule has 1 saturated carbocycles. The highest BCUT2D eigenvalue weighted by atomic mass is 35.5. The van der Waals surface area contributed by atoms with Gasteiger partial charge in [0.1, 0.15) is 0 Å². The fourth-order valence-electron chi connectivity index (χ4n) is 2.05. The quantitative estimate of drug-likeness (QED) is 0.804. The minimum absolute atomic E-state index is 0.210. The monoisotopic (exact) mass is 233 g/mol. The lowest BCUT2D eigenvalue weighted by Crippen LogP contribution is -1.98. The summed E-state index contributed by atoms with van der Waals surface area (Å²) in [5, 5.41) is 1.52. The summed E-state index contributed by atoms with van der Waals surface area (Å²) in [6.45, 7) is 0. The van der Waals surface area contributed by atoms with Gasteiger partial charge in [-0.1, -0.05) is 17.7 Å². The second-order valence-electron chi connectivity index (χ2n) is 4.44. The van der Waals surface area contributed by atoms with Crippen LogP contribution in [0.15, 0.2) is 24.4 Å². The third kappa shape index (κ3) is 1.63. The lowest BCUT2D eigenvalue weighted by molar-refractivity contribution is 0.0977. The molecule has 1 aliphatic carbocycles. The van der Waals surface area contributed by atoms with E-state index >= 15 is 0 Å². The molecule has 0 aliphatic heterocycles. The Morgan fingerprint density at radius 2 is 2.25 bits per heavy atom. The van der Waals surface area contributed by atoms with Gasteiger partial charge in [-0.2, -0.15) is 0 Å². The maximum atomic E-state index is 12.0. The van der Waals surface area contributed by atoms with Gasteiger partial charge in [-0.05, 0) is 30.9 Å². The molecule has 1 fully saturated rings. The van der Waals surface area contributed by atoms with E-state index in [0.29, 0.717) is 17.4 Å². The van der Waals surface area contributed by atoms with Gasteiger partial charge in [0.15, 0.2) is 5.78 Å². The number of aromatic amines is 1. The molecule has 0 spiro atoms. The number of rotatable bonds is 3. The third-order valence-electron chi connectivity index (χ3n) is 3.13. The highest BCUT2D eigenvalue weighted by molar-refractivity contribution is 6.36. The number of hydrogen-bond acceptors (Lipinski definition) is 1. The molecule has 2 nitrogen and oxygen atoms in total. The Labute approximate surface area is 98.6 Å². The van der Waals surface area contributed by atoms with Gasteiger partial charge < -0.3 is 4.98 Å². The van der Waals surface area contributed by atoms with Gasteiger partial charge >= 0.3 is 0 Å². The van der Waals surface area contributed by atoms with E-state index in [1.54, 1.807) is 6.20 Å². The SMILES string of the molecule is O=C(CC1CC1)c1c[nH]c2cccc(Cl)c12. The Hall–Kier alpha value is -1.28. The van der Waals surface area contributed by atoms with Crippen LogP contribution in [0, 0.1) is 5.92 Å². The summed E-state index contributed by atoms with van der Waals surface area (Å²) < 4.78 is 0. The molecule has 0 unspecified atom stereocenters. The maximum absolute atomic E-state index is 12.0. The molecule has 2 aromatic rings. The summed E-state index contributed by atoms with van der Waals surface area (Å²) in [5.74, 6) is 0.821. The maximum Gasteiger partial charge on any atom is 0.165 e. The first kappa shape index (κ1) is 9.91. The van der Waals surface area contributed by atoms with Crippen LogP contribution in [0.3, 0.4) is 0 Å². The van der Waals surface area contributed by atoms with Crippen molar-refractivity contribution in [3.8, 4) is 0 Å². The minimum Gasteiger partial charge on any atom is -0.360 e. The van der Waals surface area contributed by atoms with Crippen molar-refractivity contribution < 1.29 is 4.79 Å². The number of hydrogen-bond donors (Lipinski definition) is 1. The van der Waals surface area contributed by atoms with Gasteiger partial charge in [0.05, 0.1) is 5.02 Å². The van der Waals surface area contributed by atoms with Crippen molar-refractivity contribution in [2.24, 2.45) is 5.92 Å². The van der Waals surface area contributed by atoms with E-state index in [9.17, 15) is 4.79 Å². The van der Waals surface area contributed by atoms with E-state index < -0.39 is 0 Å². The number of fused-ring (bicyclic) bond motifs is 1. The normalized spacial score (nSPS) is 15.6. The number of benzene rings is 1. The van der Waals surface area contributed by atoms with Gasteiger partial charge in [0, 0.05) is 29.1 Å². The summed E-state index contributed by atoms with van der Waals surface area (Å²) >= 11 is 6.13. The third-order valence-corrected chi connectivity index (χ3v) is 3.44. The molecule has 0 amide bonds. The molecule has 1 heterocycles. The molecule has 0 saturated heterocycles. The first-order chi connectivity index (χ1) is 7.75. The van der Waals surface area contributed by atoms with Crippen molar-refractivity contribution in [3.05, 3.63) is 35.0 Å². The summed E-state index contributed by atoms with van der Waals surface area (Å²) in [5.41, 5.74) is 1.68. The number of Topliss-reactive ketones (excluding diaryl/α,β-unsaturated/α-hetero) is 1. The summed E-state index contributed by atoms with van der Waals surface area (Å²) in [7, 11) is 0. The fourth-order valence-corrected chi connectivity index (χ4v) is 2.33. The molecular weight excluding hydrogens is 222 g/mol. The Balaban J connectivity index is 2.05. The topological polar surface area (TPSA) is 32.9 Å². The first-order valence-corrected chi connectivity index (χ1v) is 5.92. The Morgan fingerprint density at radius 1 is 1.44 bits per heavy atom. The number of carbonyl (C=O) groups is 1. The molecular formula is C13H12ClNO. The van der Waals surface area contributed by atoms with Crippen LogP contribution in [0.25, 0.3) is 10.9 Å². The van der Waals surface area contributed by atoms with Crippen LogP contribution in [-0.4, -0.2) is 10.8 Å². The smallest absolute Gasteiger partial charge is 0.165 e. The number of halogens is 1. The van der Waals surface area contributed by atoms with Crippen molar-refractivity contribution in [2.75, 3.05) is 0 Å². The fraction of sp³-hybridized carbons (Fsp3) is 0.308. The molecule has 0 bridgehead atoms. The van der Waals surface area contributed by atoms with E-state index in [-0.39, 0.29) is 5.78 Å². The van der Waals surface area contributed by atoms with Crippen LogP contribution in [0.5, 0.6) is 0 Å². The minimum atomic E-state index is 0.210. The van der Waals surface area contributed by atoms with Gasteiger partial charge in [-0.15, -0.1) is 0 Å². The van der Waals surface area contributed by atoms with Crippen LogP contribution in [0.2, 0.25) is 5.02 Å². The van der Waals surface area contributed by atoms with Crippen LogP contribution >= 0.6 is 11.6 Å². The van der Waals surface area contributed by atoms with E-state index in [1.165, 1.54) is 12.8 Å². The van der Waals surface area contributed by atoms with Crippen LogP contribution in [0.4, 0.5) is 0 Å². The van der Waals surface area contributed by atoms with Crippen molar-refractivity contribution in [1.82, 2.24) is 4.98 Å². The molecule has 0 radical (unpaired) electrons. The van der Waals surface area contributed by atoms with Crippen molar-refractivity contribution in [3.63, 3.8) is 0 Å². The first-order valence-electron chi connectivity index (χ1n) is 5.54. The van der Waals surface area contributed by atoms with Crippen LogP contribution in [0.1, 0.15) is 29.6 Å². The summed E-state index contributed by atoms with van der Waals surface area (Å²) in [4.78, 5) is 15.1.